The van der Waals surface area contributed by atoms with Crippen molar-refractivity contribution in [1.29, 1.82) is 0 Å². The van der Waals surface area contributed by atoms with Gasteiger partial charge in [-0.15, -0.1) is 0 Å². The summed E-state index contributed by atoms with van der Waals surface area (Å²) < 4.78 is 11.3. The number of rotatable bonds is 2. The number of hydrogen-bond acceptors (Lipinski definition) is 6. The predicted octanol–water partition coefficient (Wildman–Crippen LogP) is 4.94. The Morgan fingerprint density at radius 2 is 1.87 bits per heavy atom. The van der Waals surface area contributed by atoms with Crippen LogP contribution in [0.4, 0.5) is 4.79 Å². The van der Waals surface area contributed by atoms with Gasteiger partial charge in [0, 0.05) is 31.1 Å². The number of amides is 1. The second-order valence-corrected chi connectivity index (χ2v) is 13.3. The van der Waals surface area contributed by atoms with Crippen LogP contribution in [-0.2, 0) is 4.74 Å². The van der Waals surface area contributed by atoms with Gasteiger partial charge >= 0.3 is 11.7 Å². The summed E-state index contributed by atoms with van der Waals surface area (Å²) in [5.74, 6) is 0.902. The minimum atomic E-state index is -0.714. The van der Waals surface area contributed by atoms with E-state index in [1.54, 1.807) is 6.26 Å². The van der Waals surface area contributed by atoms with E-state index in [2.05, 4.69) is 31.9 Å². The number of allylic oxidation sites excluding steroid dienone is 1. The van der Waals surface area contributed by atoms with Crippen LogP contribution in [0.1, 0.15) is 83.1 Å². The van der Waals surface area contributed by atoms with Gasteiger partial charge in [0.05, 0.1) is 11.9 Å². The maximum absolute atomic E-state index is 13.0. The summed E-state index contributed by atoms with van der Waals surface area (Å²) in [7, 11) is 2.11. The number of carbonyl (C=O) groups excluding carboxylic acids is 1. The lowest BCUT2D eigenvalue weighted by Gasteiger charge is -2.61. The normalized spacial score (nSPS) is 41.4. The highest BCUT2D eigenvalue weighted by Gasteiger charge is 2.66. The SMILES string of the molecule is CN1CCCN(C(=O)O[C@@H]2C=C3CC[C@@H]4[C@H](CC[C@]5(C)[C@@H](c6ccc(=O)oc6)CC[C@]45O)[C@@]3(C)CC2)CC1. The van der Waals surface area contributed by atoms with Crippen molar-refractivity contribution < 1.29 is 19.1 Å². The van der Waals surface area contributed by atoms with E-state index in [-0.39, 0.29) is 40.5 Å². The fourth-order valence-corrected chi connectivity index (χ4v) is 9.29. The van der Waals surface area contributed by atoms with Crippen molar-refractivity contribution in [1.82, 2.24) is 9.80 Å². The molecule has 3 saturated carbocycles. The molecule has 0 radical (unpaired) electrons. The first-order valence-electron chi connectivity index (χ1n) is 14.8. The van der Waals surface area contributed by atoms with Gasteiger partial charge in [-0.1, -0.05) is 19.4 Å². The van der Waals surface area contributed by atoms with Gasteiger partial charge in [0.25, 0.3) is 0 Å². The summed E-state index contributed by atoms with van der Waals surface area (Å²) >= 11 is 0. The molecule has 1 amide bonds. The van der Waals surface area contributed by atoms with E-state index >= 15 is 0 Å². The van der Waals surface area contributed by atoms with Gasteiger partial charge in [-0.25, -0.2) is 9.59 Å². The molecule has 1 aromatic rings. The van der Waals surface area contributed by atoms with Gasteiger partial charge in [-0.05, 0) is 112 Å². The van der Waals surface area contributed by atoms with E-state index < -0.39 is 5.60 Å². The van der Waals surface area contributed by atoms with Crippen molar-refractivity contribution in [3.05, 3.63) is 46.0 Å². The molecule has 0 bridgehead atoms. The largest absolute Gasteiger partial charge is 0.442 e. The van der Waals surface area contributed by atoms with Crippen LogP contribution in [0, 0.1) is 22.7 Å². The van der Waals surface area contributed by atoms with Gasteiger partial charge in [-0.3, -0.25) is 0 Å². The van der Waals surface area contributed by atoms with Crippen LogP contribution >= 0.6 is 0 Å². The van der Waals surface area contributed by atoms with E-state index in [1.165, 1.54) is 11.6 Å². The van der Waals surface area contributed by atoms with Gasteiger partial charge in [-0.2, -0.15) is 0 Å². The van der Waals surface area contributed by atoms with Crippen LogP contribution in [0.15, 0.2) is 39.3 Å². The molecule has 6 rings (SSSR count). The zero-order chi connectivity index (χ0) is 26.7. The maximum Gasteiger partial charge on any atom is 0.410 e. The molecular formula is C31H44N2O5. The van der Waals surface area contributed by atoms with Crippen molar-refractivity contribution in [3.63, 3.8) is 0 Å². The molecular weight excluding hydrogens is 480 g/mol. The Hall–Kier alpha value is -2.12. The highest BCUT2D eigenvalue weighted by atomic mass is 16.6. The second kappa shape index (κ2) is 9.51. The summed E-state index contributed by atoms with van der Waals surface area (Å²) in [4.78, 5) is 28.7. The third-order valence-electron chi connectivity index (χ3n) is 11.6. The third-order valence-corrected chi connectivity index (χ3v) is 11.6. The fourth-order valence-electron chi connectivity index (χ4n) is 9.29. The van der Waals surface area contributed by atoms with E-state index in [4.69, 9.17) is 9.15 Å². The maximum atomic E-state index is 13.0. The Bertz CT molecular complexity index is 1140. The second-order valence-electron chi connectivity index (χ2n) is 13.3. The summed E-state index contributed by atoms with van der Waals surface area (Å²) in [6.07, 6.45) is 12.1. The van der Waals surface area contributed by atoms with Crippen molar-refractivity contribution in [3.8, 4) is 0 Å². The lowest BCUT2D eigenvalue weighted by atomic mass is 9.45. The molecule has 4 fully saturated rings. The van der Waals surface area contributed by atoms with Crippen LogP contribution < -0.4 is 5.63 Å². The Balaban J connectivity index is 1.18. The van der Waals surface area contributed by atoms with Crippen LogP contribution in [0.25, 0.3) is 0 Å². The minimum Gasteiger partial charge on any atom is -0.442 e. The number of nitrogens with zero attached hydrogens (tertiary/aromatic N) is 2. The van der Waals surface area contributed by atoms with Gasteiger partial charge < -0.3 is 24.1 Å². The third kappa shape index (κ3) is 4.07. The number of likely N-dealkylation sites (N-methyl/N-ethyl adjacent to an activating group) is 1. The van der Waals surface area contributed by atoms with Crippen LogP contribution in [0.3, 0.4) is 0 Å². The molecule has 0 spiro atoms. The average Bonchev–Trinajstić information content (AvgIpc) is 3.01. The molecule has 7 heteroatoms. The van der Waals surface area contributed by atoms with Crippen molar-refractivity contribution in [2.24, 2.45) is 22.7 Å². The van der Waals surface area contributed by atoms with Crippen molar-refractivity contribution >= 4 is 6.09 Å². The van der Waals surface area contributed by atoms with E-state index in [0.29, 0.717) is 5.92 Å². The van der Waals surface area contributed by atoms with Crippen molar-refractivity contribution in [2.75, 3.05) is 33.2 Å². The molecule has 208 valence electrons. The zero-order valence-electron chi connectivity index (χ0n) is 23.3. The first-order chi connectivity index (χ1) is 18.1. The first kappa shape index (κ1) is 26.1. The number of fused-ring (bicyclic) bond motifs is 5. The van der Waals surface area contributed by atoms with Gasteiger partial charge in [0.1, 0.15) is 6.10 Å². The lowest BCUT2D eigenvalue weighted by molar-refractivity contribution is -0.178. The number of hydrogen-bond donors (Lipinski definition) is 1. The van der Waals surface area contributed by atoms with E-state index in [1.807, 2.05) is 11.0 Å². The number of ether oxygens (including phenoxy) is 1. The van der Waals surface area contributed by atoms with E-state index in [9.17, 15) is 14.7 Å². The summed E-state index contributed by atoms with van der Waals surface area (Å²) in [5, 5.41) is 12.4. The zero-order valence-corrected chi connectivity index (χ0v) is 23.3. The molecule has 0 unspecified atom stereocenters. The number of carbonyl (C=O) groups is 1. The number of aliphatic hydroxyl groups is 1. The highest BCUT2D eigenvalue weighted by molar-refractivity contribution is 5.68. The van der Waals surface area contributed by atoms with E-state index in [0.717, 1.165) is 89.5 Å². The molecule has 5 aliphatic rings. The van der Waals surface area contributed by atoms with Crippen LogP contribution in [0.2, 0.25) is 0 Å². The standard InChI is InChI=1S/C31H44N2O5/c1-29-12-9-23(38-28(35)33-16-4-15-32(3)17-18-33)19-22(29)6-7-26-25(29)10-13-30(2)24(11-14-31(26,30)36)21-5-8-27(34)37-20-21/h5,8,19-20,23-26,36H,4,6-7,9-18H2,1-3H3/t23-,24+,25-,26+,29-,30+,31-/m0/s1. The molecule has 7 atom stereocenters. The molecule has 1 aliphatic heterocycles. The fraction of sp³-hybridized carbons (Fsp3) is 0.742. The Labute approximate surface area is 226 Å². The van der Waals surface area contributed by atoms with Crippen LogP contribution in [-0.4, -0.2) is 65.9 Å². The first-order valence-corrected chi connectivity index (χ1v) is 14.8. The van der Waals surface area contributed by atoms with Crippen molar-refractivity contribution in [2.45, 2.75) is 89.3 Å². The van der Waals surface area contributed by atoms with Gasteiger partial charge in [0.2, 0.25) is 0 Å². The molecule has 38 heavy (non-hydrogen) atoms. The topological polar surface area (TPSA) is 83.2 Å². The quantitative estimate of drug-likeness (QED) is 0.552. The molecule has 2 heterocycles. The molecule has 1 N–H and O–H groups in total. The minimum absolute atomic E-state index is 0.0474. The van der Waals surface area contributed by atoms with Gasteiger partial charge in [0.15, 0.2) is 0 Å². The molecule has 4 aliphatic carbocycles. The smallest absolute Gasteiger partial charge is 0.410 e. The predicted molar refractivity (Wildman–Crippen MR) is 145 cm³/mol. The molecule has 1 saturated heterocycles. The lowest BCUT2D eigenvalue weighted by Crippen LogP contribution is -2.60. The average molecular weight is 525 g/mol. The summed E-state index contributed by atoms with van der Waals surface area (Å²) in [5.41, 5.74) is 1.27. The Morgan fingerprint density at radius 3 is 2.66 bits per heavy atom. The Kier molecular flexibility index (Phi) is 6.54. The molecule has 1 aromatic heterocycles. The molecule has 0 aromatic carbocycles. The molecule has 7 nitrogen and oxygen atoms in total. The monoisotopic (exact) mass is 524 g/mol. The summed E-state index contributed by atoms with van der Waals surface area (Å²) in [6.45, 7) is 8.09. The Morgan fingerprint density at radius 1 is 1.03 bits per heavy atom. The highest BCUT2D eigenvalue weighted by Crippen LogP contribution is 2.70. The summed E-state index contributed by atoms with van der Waals surface area (Å²) in [6, 6.07) is 3.41. The van der Waals surface area contributed by atoms with Crippen LogP contribution in [0.5, 0.6) is 0 Å².